The normalized spacial score (nSPS) is 9.73. The summed E-state index contributed by atoms with van der Waals surface area (Å²) in [5.74, 6) is -0.623. The lowest BCUT2D eigenvalue weighted by molar-refractivity contribution is -0.139. The van der Waals surface area contributed by atoms with Gasteiger partial charge in [-0.2, -0.15) is 0 Å². The highest BCUT2D eigenvalue weighted by molar-refractivity contribution is 7.98. The molecular formula is C11H12O3S. The second-order valence-electron chi connectivity index (χ2n) is 2.93. The summed E-state index contributed by atoms with van der Waals surface area (Å²) in [6.45, 7) is 1.10. The number of carbonyl (C=O) groups excluding carboxylic acids is 2. The lowest BCUT2D eigenvalue weighted by Crippen LogP contribution is -2.11. The van der Waals surface area contributed by atoms with Crippen molar-refractivity contribution in [3.05, 3.63) is 29.8 Å². The second-order valence-corrected chi connectivity index (χ2v) is 3.81. The molecule has 0 aliphatic heterocycles. The molecule has 0 aromatic heterocycles. The highest BCUT2D eigenvalue weighted by Gasteiger charge is 2.07. The average Bonchev–Trinajstić information content (AvgIpc) is 2.26. The molecule has 15 heavy (non-hydrogen) atoms. The van der Waals surface area contributed by atoms with Crippen molar-refractivity contribution in [1.82, 2.24) is 0 Å². The van der Waals surface area contributed by atoms with E-state index in [0.29, 0.717) is 5.56 Å². The largest absolute Gasteiger partial charge is 0.457 e. The molecule has 0 saturated carbocycles. The van der Waals surface area contributed by atoms with E-state index in [1.165, 1.54) is 6.92 Å². The molecule has 0 bridgehead atoms. The predicted molar refractivity (Wildman–Crippen MR) is 59.2 cm³/mol. The first-order chi connectivity index (χ1) is 7.13. The van der Waals surface area contributed by atoms with Crippen molar-refractivity contribution in [2.75, 3.05) is 12.9 Å². The summed E-state index contributed by atoms with van der Waals surface area (Å²) < 4.78 is 4.62. The Kier molecular flexibility index (Phi) is 4.37. The van der Waals surface area contributed by atoms with Gasteiger partial charge in [0, 0.05) is 17.4 Å². The zero-order valence-corrected chi connectivity index (χ0v) is 9.47. The minimum Gasteiger partial charge on any atom is -0.457 e. The standard InChI is InChI=1S/C11H12O3S/c1-8(12)14-7-11(13)9-3-5-10(15-2)6-4-9/h3-6H,7H2,1-2H3. The van der Waals surface area contributed by atoms with E-state index in [1.54, 1.807) is 23.9 Å². The fourth-order valence-corrected chi connectivity index (χ4v) is 1.44. The minimum absolute atomic E-state index is 0.183. The fraction of sp³-hybridized carbons (Fsp3) is 0.273. The third-order valence-electron chi connectivity index (χ3n) is 1.82. The fourth-order valence-electron chi connectivity index (χ4n) is 1.03. The number of benzene rings is 1. The van der Waals surface area contributed by atoms with Crippen LogP contribution in [0.5, 0.6) is 0 Å². The molecule has 3 nitrogen and oxygen atoms in total. The van der Waals surface area contributed by atoms with Gasteiger partial charge in [0.15, 0.2) is 12.4 Å². The lowest BCUT2D eigenvalue weighted by atomic mass is 10.1. The number of ketones is 1. The Bertz CT molecular complexity index is 357. The monoisotopic (exact) mass is 224 g/mol. The van der Waals surface area contributed by atoms with Crippen LogP contribution in [-0.2, 0) is 9.53 Å². The maximum atomic E-state index is 11.5. The molecule has 0 heterocycles. The second kappa shape index (κ2) is 5.56. The lowest BCUT2D eigenvalue weighted by Gasteiger charge is -2.02. The van der Waals surface area contributed by atoms with Crippen LogP contribution in [0.3, 0.4) is 0 Å². The van der Waals surface area contributed by atoms with Crippen LogP contribution >= 0.6 is 11.8 Å². The minimum atomic E-state index is -0.441. The maximum absolute atomic E-state index is 11.5. The average molecular weight is 224 g/mol. The molecule has 0 N–H and O–H groups in total. The van der Waals surface area contributed by atoms with Crippen LogP contribution in [0.25, 0.3) is 0 Å². The van der Waals surface area contributed by atoms with E-state index in [-0.39, 0.29) is 12.4 Å². The van der Waals surface area contributed by atoms with Crippen LogP contribution in [0.15, 0.2) is 29.2 Å². The van der Waals surface area contributed by atoms with E-state index in [1.807, 2.05) is 18.4 Å². The third-order valence-corrected chi connectivity index (χ3v) is 2.56. The van der Waals surface area contributed by atoms with Crippen LogP contribution in [0, 0.1) is 0 Å². The van der Waals surface area contributed by atoms with Gasteiger partial charge in [0.1, 0.15) is 0 Å². The SMILES string of the molecule is CSc1ccc(C(=O)COC(C)=O)cc1. The molecule has 0 spiro atoms. The van der Waals surface area contributed by atoms with Crippen molar-refractivity contribution in [2.24, 2.45) is 0 Å². The van der Waals surface area contributed by atoms with Crippen LogP contribution < -0.4 is 0 Å². The van der Waals surface area contributed by atoms with Gasteiger partial charge in [0.05, 0.1) is 0 Å². The molecule has 0 aliphatic rings. The topological polar surface area (TPSA) is 43.4 Å². The number of carbonyl (C=O) groups is 2. The first kappa shape index (κ1) is 11.8. The first-order valence-corrected chi connectivity index (χ1v) is 5.66. The van der Waals surface area contributed by atoms with Crippen LogP contribution in [-0.4, -0.2) is 24.6 Å². The highest BCUT2D eigenvalue weighted by Crippen LogP contribution is 2.15. The summed E-state index contributed by atoms with van der Waals surface area (Å²) >= 11 is 1.61. The van der Waals surface area contributed by atoms with Gasteiger partial charge in [-0.05, 0) is 18.4 Å². The Balaban J connectivity index is 2.62. The molecule has 0 atom stereocenters. The van der Waals surface area contributed by atoms with Gasteiger partial charge in [-0.1, -0.05) is 12.1 Å². The van der Waals surface area contributed by atoms with E-state index in [0.717, 1.165) is 4.90 Å². The molecule has 0 aliphatic carbocycles. The number of rotatable bonds is 4. The van der Waals surface area contributed by atoms with Crippen LogP contribution in [0.1, 0.15) is 17.3 Å². The van der Waals surface area contributed by atoms with Gasteiger partial charge in [-0.25, -0.2) is 0 Å². The van der Waals surface area contributed by atoms with Crippen LogP contribution in [0.2, 0.25) is 0 Å². The van der Waals surface area contributed by atoms with Gasteiger partial charge < -0.3 is 4.74 Å². The smallest absolute Gasteiger partial charge is 0.303 e. The molecule has 0 unspecified atom stereocenters. The summed E-state index contributed by atoms with van der Waals surface area (Å²) in [5, 5.41) is 0. The molecule has 0 amide bonds. The highest BCUT2D eigenvalue weighted by atomic mass is 32.2. The molecule has 0 fully saturated rings. The molecule has 1 aromatic carbocycles. The Morgan fingerprint density at radius 3 is 2.33 bits per heavy atom. The van der Waals surface area contributed by atoms with Gasteiger partial charge in [0.2, 0.25) is 0 Å². The quantitative estimate of drug-likeness (QED) is 0.446. The Hall–Kier alpha value is -1.29. The first-order valence-electron chi connectivity index (χ1n) is 4.44. The van der Waals surface area contributed by atoms with Crippen molar-refractivity contribution in [3.8, 4) is 0 Å². The van der Waals surface area contributed by atoms with E-state index in [2.05, 4.69) is 4.74 Å². The Morgan fingerprint density at radius 2 is 1.87 bits per heavy atom. The number of hydrogen-bond donors (Lipinski definition) is 0. The zero-order chi connectivity index (χ0) is 11.3. The summed E-state index contributed by atoms with van der Waals surface area (Å²) in [7, 11) is 0. The van der Waals surface area contributed by atoms with Crippen molar-refractivity contribution in [2.45, 2.75) is 11.8 Å². The third kappa shape index (κ3) is 3.75. The maximum Gasteiger partial charge on any atom is 0.303 e. The molecule has 1 rings (SSSR count). The molecule has 0 saturated heterocycles. The number of Topliss-reactive ketones (excluding diaryl/α,β-unsaturated/α-hetero) is 1. The number of ether oxygens (including phenoxy) is 1. The van der Waals surface area contributed by atoms with Crippen molar-refractivity contribution in [1.29, 1.82) is 0 Å². The van der Waals surface area contributed by atoms with E-state index in [9.17, 15) is 9.59 Å². The molecule has 4 heteroatoms. The predicted octanol–water partition coefficient (Wildman–Crippen LogP) is 2.15. The van der Waals surface area contributed by atoms with E-state index < -0.39 is 5.97 Å². The summed E-state index contributed by atoms with van der Waals surface area (Å²) in [5.41, 5.74) is 0.564. The van der Waals surface area contributed by atoms with Gasteiger partial charge in [-0.15, -0.1) is 11.8 Å². The zero-order valence-electron chi connectivity index (χ0n) is 8.65. The Morgan fingerprint density at radius 1 is 1.27 bits per heavy atom. The molecule has 80 valence electrons. The van der Waals surface area contributed by atoms with Crippen LogP contribution in [0.4, 0.5) is 0 Å². The van der Waals surface area contributed by atoms with Gasteiger partial charge in [0.25, 0.3) is 0 Å². The van der Waals surface area contributed by atoms with Gasteiger partial charge >= 0.3 is 5.97 Å². The summed E-state index contributed by atoms with van der Waals surface area (Å²) in [6.07, 6.45) is 1.97. The van der Waals surface area contributed by atoms with Crippen molar-refractivity contribution >= 4 is 23.5 Å². The molecular weight excluding hydrogens is 212 g/mol. The van der Waals surface area contributed by atoms with Crippen molar-refractivity contribution in [3.63, 3.8) is 0 Å². The number of hydrogen-bond acceptors (Lipinski definition) is 4. The summed E-state index contributed by atoms with van der Waals surface area (Å²) in [6, 6.07) is 7.20. The number of esters is 1. The van der Waals surface area contributed by atoms with Gasteiger partial charge in [-0.3, -0.25) is 9.59 Å². The summed E-state index contributed by atoms with van der Waals surface area (Å²) in [4.78, 5) is 23.1. The molecule has 0 radical (unpaired) electrons. The van der Waals surface area contributed by atoms with E-state index in [4.69, 9.17) is 0 Å². The van der Waals surface area contributed by atoms with E-state index >= 15 is 0 Å². The van der Waals surface area contributed by atoms with Crippen molar-refractivity contribution < 1.29 is 14.3 Å². The number of thioether (sulfide) groups is 1. The Labute approximate surface area is 92.8 Å². The molecule has 1 aromatic rings.